The first-order valence-corrected chi connectivity index (χ1v) is 17.4. The third-order valence-electron chi connectivity index (χ3n) is 11.2. The summed E-state index contributed by atoms with van der Waals surface area (Å²) in [6, 6.07) is 6.20. The Bertz CT molecular complexity index is 1900. The number of anilines is 1. The number of phenols is 1. The molecule has 4 aromatic rings. The third-order valence-corrected chi connectivity index (χ3v) is 11.2. The number of phenolic OH excluding ortho intramolecular Hbond substituents is 1. The summed E-state index contributed by atoms with van der Waals surface area (Å²) in [6.07, 6.45) is 17.8. The molecule has 4 aliphatic rings. The number of aromatic hydroxyl groups is 1. The van der Waals surface area contributed by atoms with Gasteiger partial charge in [0, 0.05) is 54.8 Å². The smallest absolute Gasteiger partial charge is 0.319 e. The van der Waals surface area contributed by atoms with Crippen molar-refractivity contribution in [2.45, 2.75) is 63.8 Å². The van der Waals surface area contributed by atoms with Crippen LogP contribution in [0.4, 0.5) is 14.6 Å². The van der Waals surface area contributed by atoms with E-state index < -0.39 is 11.6 Å². The Morgan fingerprint density at radius 2 is 1.90 bits per heavy atom. The van der Waals surface area contributed by atoms with Crippen LogP contribution in [-0.4, -0.2) is 77.0 Å². The first-order valence-electron chi connectivity index (χ1n) is 17.4. The topological polar surface area (TPSA) is 83.8 Å². The Morgan fingerprint density at radius 3 is 2.73 bits per heavy atom. The minimum Gasteiger partial charge on any atom is -0.508 e. The number of hydrogen-bond acceptors (Lipinski definition) is 8. The molecular weight excluding hydrogens is 612 g/mol. The van der Waals surface area contributed by atoms with Crippen LogP contribution in [0.1, 0.15) is 63.4 Å². The van der Waals surface area contributed by atoms with Gasteiger partial charge in [0.25, 0.3) is 0 Å². The van der Waals surface area contributed by atoms with E-state index in [1.807, 2.05) is 0 Å². The number of benzene rings is 2. The quantitative estimate of drug-likeness (QED) is 0.217. The minimum absolute atomic E-state index is 0.0229. The molecule has 0 spiro atoms. The lowest BCUT2D eigenvalue weighted by atomic mass is 9.74. The summed E-state index contributed by atoms with van der Waals surface area (Å²) >= 11 is 0. The number of nitrogens with zero attached hydrogens (tertiary/aromatic N) is 5. The van der Waals surface area contributed by atoms with Gasteiger partial charge in [-0.15, -0.1) is 6.42 Å². The van der Waals surface area contributed by atoms with Gasteiger partial charge in [0.1, 0.15) is 28.6 Å². The molecule has 250 valence electrons. The highest BCUT2D eigenvalue weighted by Gasteiger charge is 2.49. The van der Waals surface area contributed by atoms with Crippen LogP contribution in [0, 0.1) is 35.3 Å². The third kappa shape index (κ3) is 5.51. The van der Waals surface area contributed by atoms with Gasteiger partial charge >= 0.3 is 6.01 Å². The molecule has 48 heavy (non-hydrogen) atoms. The van der Waals surface area contributed by atoms with Crippen LogP contribution < -0.4 is 9.64 Å². The van der Waals surface area contributed by atoms with Crippen molar-refractivity contribution in [1.82, 2.24) is 19.9 Å². The lowest BCUT2D eigenvalue weighted by Crippen LogP contribution is -2.53. The number of terminal acetylenes is 1. The monoisotopic (exact) mass is 653 g/mol. The highest BCUT2D eigenvalue weighted by molar-refractivity contribution is 6.03. The first-order chi connectivity index (χ1) is 23.4. The Kier molecular flexibility index (Phi) is 8.29. The summed E-state index contributed by atoms with van der Waals surface area (Å²) in [4.78, 5) is 18.9. The van der Waals surface area contributed by atoms with Gasteiger partial charge in [-0.25, -0.2) is 8.78 Å². The van der Waals surface area contributed by atoms with E-state index in [0.717, 1.165) is 38.1 Å². The van der Waals surface area contributed by atoms with Gasteiger partial charge in [-0.2, -0.15) is 9.97 Å². The lowest BCUT2D eigenvalue weighted by Gasteiger charge is -2.48. The molecule has 2 aliphatic carbocycles. The molecule has 8 nitrogen and oxygen atoms in total. The highest BCUT2D eigenvalue weighted by atomic mass is 19.1. The average Bonchev–Trinajstić information content (AvgIpc) is 3.32. The van der Waals surface area contributed by atoms with Crippen molar-refractivity contribution in [1.29, 1.82) is 0 Å². The number of aromatic nitrogens is 3. The Balaban J connectivity index is 1.21. The van der Waals surface area contributed by atoms with Crippen LogP contribution in [0.3, 0.4) is 0 Å². The van der Waals surface area contributed by atoms with Crippen LogP contribution >= 0.6 is 0 Å². The number of rotatable bonds is 7. The number of piperidine rings is 1. The fourth-order valence-corrected chi connectivity index (χ4v) is 8.67. The van der Waals surface area contributed by atoms with Crippen molar-refractivity contribution < 1.29 is 23.4 Å². The van der Waals surface area contributed by atoms with Crippen LogP contribution in [-0.2, 0) is 4.74 Å². The van der Waals surface area contributed by atoms with E-state index >= 15 is 4.39 Å². The fourth-order valence-electron chi connectivity index (χ4n) is 8.67. The van der Waals surface area contributed by atoms with Gasteiger partial charge in [-0.1, -0.05) is 24.8 Å². The van der Waals surface area contributed by atoms with Gasteiger partial charge in [0.15, 0.2) is 5.82 Å². The Labute approximate surface area is 279 Å². The molecule has 2 aromatic heterocycles. The SMILES string of the molecule is C#Cc1c(F)ccc2cc(O)cc(-c3ncc4c(N5CCCOCC5)nc(OCC56CCCC5N(CC5CCC5)CCC6)nc4c3F)c12. The number of halogens is 2. The van der Waals surface area contributed by atoms with Crippen LogP contribution in [0.2, 0.25) is 0 Å². The maximum atomic E-state index is 16.9. The Morgan fingerprint density at radius 1 is 1.02 bits per heavy atom. The number of pyridine rings is 1. The van der Waals surface area contributed by atoms with E-state index in [-0.39, 0.29) is 39.5 Å². The van der Waals surface area contributed by atoms with Crippen LogP contribution in [0.25, 0.3) is 32.9 Å². The molecule has 2 aliphatic heterocycles. The molecule has 4 heterocycles. The molecule has 0 bridgehead atoms. The van der Waals surface area contributed by atoms with E-state index in [0.29, 0.717) is 60.9 Å². The van der Waals surface area contributed by atoms with Gasteiger partial charge in [0.2, 0.25) is 0 Å². The molecule has 2 atom stereocenters. The van der Waals surface area contributed by atoms with Gasteiger partial charge < -0.3 is 19.5 Å². The summed E-state index contributed by atoms with van der Waals surface area (Å²) in [5.74, 6) is 2.32. The van der Waals surface area contributed by atoms with Crippen molar-refractivity contribution in [3.8, 4) is 35.4 Å². The minimum atomic E-state index is -0.715. The van der Waals surface area contributed by atoms with Crippen LogP contribution in [0.5, 0.6) is 11.8 Å². The van der Waals surface area contributed by atoms with Crippen molar-refractivity contribution in [3.63, 3.8) is 0 Å². The van der Waals surface area contributed by atoms with E-state index in [9.17, 15) is 9.50 Å². The molecule has 2 unspecified atom stereocenters. The Hall–Kier alpha value is -4.07. The molecule has 2 aromatic carbocycles. The number of likely N-dealkylation sites (tertiary alicyclic amines) is 1. The summed E-state index contributed by atoms with van der Waals surface area (Å²) in [7, 11) is 0. The van der Waals surface area contributed by atoms with E-state index in [2.05, 4.69) is 20.7 Å². The summed E-state index contributed by atoms with van der Waals surface area (Å²) in [5.41, 5.74) is 0.147. The maximum absolute atomic E-state index is 16.9. The zero-order chi connectivity index (χ0) is 32.8. The summed E-state index contributed by atoms with van der Waals surface area (Å²) < 4.78 is 44.0. The lowest BCUT2D eigenvalue weighted by molar-refractivity contribution is -0.0133. The van der Waals surface area contributed by atoms with Crippen molar-refractivity contribution in [2.75, 3.05) is 50.9 Å². The molecule has 0 radical (unpaired) electrons. The zero-order valence-electron chi connectivity index (χ0n) is 27.2. The molecule has 4 fully saturated rings. The van der Waals surface area contributed by atoms with Crippen molar-refractivity contribution in [3.05, 3.63) is 47.7 Å². The van der Waals surface area contributed by atoms with E-state index in [1.54, 1.807) is 6.20 Å². The van der Waals surface area contributed by atoms with Gasteiger partial charge in [0.05, 0.1) is 24.2 Å². The average molecular weight is 654 g/mol. The second-order valence-corrected chi connectivity index (χ2v) is 14.1. The number of hydrogen-bond donors (Lipinski definition) is 1. The molecule has 1 N–H and O–H groups in total. The molecule has 2 saturated heterocycles. The second-order valence-electron chi connectivity index (χ2n) is 14.1. The van der Waals surface area contributed by atoms with Gasteiger partial charge in [-0.3, -0.25) is 9.88 Å². The second kappa shape index (κ2) is 12.8. The number of ether oxygens (including phenoxy) is 2. The number of fused-ring (bicyclic) bond motifs is 3. The molecule has 2 saturated carbocycles. The summed E-state index contributed by atoms with van der Waals surface area (Å²) in [6.45, 7) is 5.22. The fraction of sp³-hybridized carbons (Fsp3) is 0.500. The maximum Gasteiger partial charge on any atom is 0.319 e. The standard InChI is InChI=1S/C38H41F2N5O3/c1-2-27-30(39)11-10-25-19-26(46)20-28(32(25)27)34-33(40)35-29(21-41-34)36(44-15-6-17-47-18-16-44)43-37(42-35)48-23-38-12-4-9-31(38)45(14-5-13-38)22-24-7-3-8-24/h1,10-11,19-21,24,31,46H,3-9,12-18,22-23H2. The highest BCUT2D eigenvalue weighted by Crippen LogP contribution is 2.49. The molecular formula is C38H41F2N5O3. The normalized spacial score (nSPS) is 23.5. The molecule has 0 amide bonds. The predicted octanol–water partition coefficient (Wildman–Crippen LogP) is 6.85. The molecule has 10 heteroatoms. The molecule has 8 rings (SSSR count). The zero-order valence-corrected chi connectivity index (χ0v) is 27.2. The first kappa shape index (κ1) is 31.2. The van der Waals surface area contributed by atoms with Crippen molar-refractivity contribution in [2.24, 2.45) is 11.3 Å². The van der Waals surface area contributed by atoms with E-state index in [1.165, 1.54) is 62.9 Å². The summed E-state index contributed by atoms with van der Waals surface area (Å²) in [5, 5.41) is 11.8. The van der Waals surface area contributed by atoms with Gasteiger partial charge in [-0.05, 0) is 81.0 Å². The largest absolute Gasteiger partial charge is 0.508 e. The van der Waals surface area contributed by atoms with Crippen LogP contribution in [0.15, 0.2) is 30.5 Å². The van der Waals surface area contributed by atoms with Crippen molar-refractivity contribution >= 4 is 27.5 Å². The van der Waals surface area contributed by atoms with E-state index in [4.69, 9.17) is 25.9 Å². The predicted molar refractivity (Wildman–Crippen MR) is 181 cm³/mol.